The third-order valence-corrected chi connectivity index (χ3v) is 5.97. The van der Waals surface area contributed by atoms with E-state index in [-0.39, 0.29) is 12.3 Å². The van der Waals surface area contributed by atoms with Gasteiger partial charge in [-0.2, -0.15) is 0 Å². The Morgan fingerprint density at radius 3 is 2.45 bits per heavy atom. The van der Waals surface area contributed by atoms with Crippen LogP contribution in [0.3, 0.4) is 0 Å². The zero-order chi connectivity index (χ0) is 22.4. The van der Waals surface area contributed by atoms with Gasteiger partial charge in [0.1, 0.15) is 5.25 Å². The second kappa shape index (κ2) is 10.5. The summed E-state index contributed by atoms with van der Waals surface area (Å²) in [5, 5.41) is 0.543. The lowest BCUT2D eigenvalue weighted by molar-refractivity contribution is -0.128. The van der Waals surface area contributed by atoms with Gasteiger partial charge in [0.15, 0.2) is 5.17 Å². The lowest BCUT2D eigenvalue weighted by Crippen LogP contribution is -2.35. The predicted octanol–water partition coefficient (Wildman–Crippen LogP) is 3.57. The van der Waals surface area contributed by atoms with Crippen molar-refractivity contribution in [1.29, 1.82) is 0 Å². The van der Waals surface area contributed by atoms with Crippen molar-refractivity contribution in [2.75, 3.05) is 13.2 Å². The lowest BCUT2D eigenvalue weighted by Gasteiger charge is -2.16. The van der Waals surface area contributed by atoms with E-state index in [1.165, 1.54) is 11.8 Å². The normalized spacial score (nSPS) is 17.2. The van der Waals surface area contributed by atoms with Crippen LogP contribution in [0.2, 0.25) is 5.02 Å². The fourth-order valence-corrected chi connectivity index (χ4v) is 4.33. The van der Waals surface area contributed by atoms with Crippen LogP contribution in [0.1, 0.15) is 29.3 Å². The Morgan fingerprint density at radius 2 is 1.84 bits per heavy atom. The third kappa shape index (κ3) is 6.08. The molecule has 9 heteroatoms. The van der Waals surface area contributed by atoms with E-state index in [9.17, 15) is 14.4 Å². The Balaban J connectivity index is 1.80. The number of hydrogen-bond donors (Lipinski definition) is 1. The summed E-state index contributed by atoms with van der Waals surface area (Å²) in [6.07, 6.45) is 0.551. The number of nitrogens with zero attached hydrogens (tertiary/aromatic N) is 2. The Labute approximate surface area is 189 Å². The number of nitrogens with two attached hydrogens (primary N) is 1. The minimum absolute atomic E-state index is 0.0538. The van der Waals surface area contributed by atoms with Crippen molar-refractivity contribution in [3.05, 3.63) is 64.7 Å². The lowest BCUT2D eigenvalue weighted by atomic mass is 10.1. The van der Waals surface area contributed by atoms with Crippen LogP contribution < -0.4 is 5.73 Å². The van der Waals surface area contributed by atoms with Crippen LogP contribution in [-0.2, 0) is 20.7 Å². The second-order valence-electron chi connectivity index (χ2n) is 6.80. The number of carbonyl (C=O) groups is 3. The molecule has 2 aromatic carbocycles. The number of thioether (sulfide) groups is 1. The van der Waals surface area contributed by atoms with E-state index in [1.807, 2.05) is 12.1 Å². The first-order valence-corrected chi connectivity index (χ1v) is 11.0. The summed E-state index contributed by atoms with van der Waals surface area (Å²) in [6.45, 7) is 2.45. The van der Waals surface area contributed by atoms with E-state index in [2.05, 4.69) is 4.99 Å². The topological polar surface area (TPSA) is 102 Å². The van der Waals surface area contributed by atoms with Crippen molar-refractivity contribution in [2.24, 2.45) is 10.7 Å². The van der Waals surface area contributed by atoms with Crippen LogP contribution in [0.5, 0.6) is 0 Å². The Kier molecular flexibility index (Phi) is 7.70. The summed E-state index contributed by atoms with van der Waals surface area (Å²) in [7, 11) is 0. The number of esters is 1. The molecule has 162 valence electrons. The molecule has 2 aromatic rings. The number of primary amides is 1. The van der Waals surface area contributed by atoms with Crippen LogP contribution in [0.4, 0.5) is 5.69 Å². The van der Waals surface area contributed by atoms with Crippen molar-refractivity contribution in [1.82, 2.24) is 4.90 Å². The zero-order valence-corrected chi connectivity index (χ0v) is 18.5. The molecule has 2 amide bonds. The maximum Gasteiger partial charge on any atom is 0.338 e. The van der Waals surface area contributed by atoms with E-state index in [1.54, 1.807) is 48.2 Å². The Hall–Kier alpha value is -2.84. The molecule has 2 N–H and O–H groups in total. The zero-order valence-electron chi connectivity index (χ0n) is 16.9. The van der Waals surface area contributed by atoms with Crippen LogP contribution in [-0.4, -0.2) is 46.3 Å². The van der Waals surface area contributed by atoms with Crippen LogP contribution in [0, 0.1) is 0 Å². The molecule has 31 heavy (non-hydrogen) atoms. The molecule has 1 aliphatic heterocycles. The van der Waals surface area contributed by atoms with Crippen molar-refractivity contribution < 1.29 is 19.1 Å². The van der Waals surface area contributed by atoms with E-state index in [0.717, 1.165) is 5.56 Å². The van der Waals surface area contributed by atoms with Gasteiger partial charge in [-0.1, -0.05) is 35.5 Å². The average molecular weight is 460 g/mol. The van der Waals surface area contributed by atoms with Gasteiger partial charge >= 0.3 is 5.97 Å². The monoisotopic (exact) mass is 459 g/mol. The first-order chi connectivity index (χ1) is 14.9. The van der Waals surface area contributed by atoms with Crippen molar-refractivity contribution in [3.63, 3.8) is 0 Å². The van der Waals surface area contributed by atoms with E-state index in [4.69, 9.17) is 22.1 Å². The number of halogens is 1. The van der Waals surface area contributed by atoms with E-state index < -0.39 is 17.1 Å². The summed E-state index contributed by atoms with van der Waals surface area (Å²) in [6, 6.07) is 14.0. The Bertz CT molecular complexity index is 993. The SMILES string of the molecule is CCOC(=O)c1ccc(N=C2S[C@H](CC(N)=O)C(=O)N2CCc2ccc(Cl)cc2)cc1. The molecule has 0 aromatic heterocycles. The van der Waals surface area contributed by atoms with Crippen LogP contribution in [0.15, 0.2) is 53.5 Å². The first kappa shape index (κ1) is 22.8. The van der Waals surface area contributed by atoms with Crippen molar-refractivity contribution in [3.8, 4) is 0 Å². The number of aliphatic imine (C=N–C) groups is 1. The quantitative estimate of drug-likeness (QED) is 0.608. The molecule has 0 unspecified atom stereocenters. The Morgan fingerprint density at radius 1 is 1.16 bits per heavy atom. The number of rotatable bonds is 8. The molecule has 7 nitrogen and oxygen atoms in total. The number of carbonyl (C=O) groups excluding carboxylic acids is 3. The van der Waals surface area contributed by atoms with Gasteiger partial charge in [-0.25, -0.2) is 9.79 Å². The molecular formula is C22H22ClN3O4S. The van der Waals surface area contributed by atoms with Gasteiger partial charge in [0.05, 0.1) is 17.9 Å². The maximum absolute atomic E-state index is 12.9. The second-order valence-corrected chi connectivity index (χ2v) is 8.41. The highest BCUT2D eigenvalue weighted by molar-refractivity contribution is 8.15. The molecule has 1 saturated heterocycles. The summed E-state index contributed by atoms with van der Waals surface area (Å²) >= 11 is 7.15. The highest BCUT2D eigenvalue weighted by Crippen LogP contribution is 2.32. The number of amidine groups is 1. The van der Waals surface area contributed by atoms with Crippen molar-refractivity contribution in [2.45, 2.75) is 25.0 Å². The molecule has 0 bridgehead atoms. The van der Waals surface area contributed by atoms with Gasteiger partial charge in [-0.05, 0) is 55.3 Å². The molecule has 1 fully saturated rings. The molecule has 1 atom stereocenters. The number of amides is 2. The number of ether oxygens (including phenoxy) is 1. The van der Waals surface area contributed by atoms with Gasteiger partial charge in [0.25, 0.3) is 0 Å². The molecule has 0 spiro atoms. The standard InChI is InChI=1S/C22H22ClN3O4S/c1-2-30-21(29)15-5-9-17(10-6-15)25-22-26(20(28)18(31-22)13-19(24)27)12-11-14-3-7-16(23)8-4-14/h3-10,18H,2,11-13H2,1H3,(H2,24,27)/t18-/m1/s1. The van der Waals surface area contributed by atoms with E-state index >= 15 is 0 Å². The molecule has 0 radical (unpaired) electrons. The van der Waals surface area contributed by atoms with Gasteiger partial charge in [0, 0.05) is 18.0 Å². The molecule has 3 rings (SSSR count). The van der Waals surface area contributed by atoms with Crippen LogP contribution >= 0.6 is 23.4 Å². The van der Waals surface area contributed by atoms with E-state index in [0.29, 0.717) is 41.0 Å². The number of hydrogen-bond acceptors (Lipinski definition) is 6. The largest absolute Gasteiger partial charge is 0.462 e. The summed E-state index contributed by atoms with van der Waals surface area (Å²) in [5.74, 6) is -1.14. The molecule has 1 aliphatic rings. The fourth-order valence-electron chi connectivity index (χ4n) is 3.00. The smallest absolute Gasteiger partial charge is 0.338 e. The van der Waals surface area contributed by atoms with Crippen molar-refractivity contribution >= 4 is 52.0 Å². The van der Waals surface area contributed by atoms with Crippen LogP contribution in [0.25, 0.3) is 0 Å². The molecule has 1 heterocycles. The average Bonchev–Trinajstić information content (AvgIpc) is 3.02. The fraction of sp³-hybridized carbons (Fsp3) is 0.273. The van der Waals surface area contributed by atoms with Gasteiger partial charge in [0.2, 0.25) is 11.8 Å². The molecule has 0 aliphatic carbocycles. The predicted molar refractivity (Wildman–Crippen MR) is 122 cm³/mol. The summed E-state index contributed by atoms with van der Waals surface area (Å²) < 4.78 is 4.98. The van der Waals surface area contributed by atoms with Gasteiger partial charge < -0.3 is 10.5 Å². The highest BCUT2D eigenvalue weighted by Gasteiger charge is 2.38. The summed E-state index contributed by atoms with van der Waals surface area (Å²) in [4.78, 5) is 42.2. The third-order valence-electron chi connectivity index (χ3n) is 4.55. The summed E-state index contributed by atoms with van der Waals surface area (Å²) in [5.41, 5.74) is 7.34. The maximum atomic E-state index is 12.9. The van der Waals surface area contributed by atoms with Gasteiger partial charge in [-0.15, -0.1) is 0 Å². The highest BCUT2D eigenvalue weighted by atomic mass is 35.5. The molecular weight excluding hydrogens is 438 g/mol. The van der Waals surface area contributed by atoms with Gasteiger partial charge in [-0.3, -0.25) is 14.5 Å². The first-order valence-electron chi connectivity index (χ1n) is 9.74. The minimum atomic E-state index is -0.597. The number of benzene rings is 2. The minimum Gasteiger partial charge on any atom is -0.462 e. The molecule has 0 saturated carbocycles.